The minimum Gasteiger partial charge on any atom is -0.483 e. The van der Waals surface area contributed by atoms with Gasteiger partial charge in [0.15, 0.2) is 11.4 Å². The number of rotatable bonds is 3. The monoisotopic (exact) mass is 296 g/mol. The van der Waals surface area contributed by atoms with Crippen LogP contribution in [0, 0.1) is 0 Å². The summed E-state index contributed by atoms with van der Waals surface area (Å²) in [5.74, 6) is -0.0798. The standard InChI is InChI=1S/C17H16N2O3/c20-13-6-9-19-11-17(7-8-17)18-16(21)14(19)15(13)22-10-12-4-2-1-3-5-12/h1-6,9H,7-8,10-11H2,(H,18,21). The third kappa shape index (κ3) is 2.19. The molecule has 1 saturated carbocycles. The summed E-state index contributed by atoms with van der Waals surface area (Å²) >= 11 is 0. The number of carbonyl (C=O) groups excluding carboxylic acids is 1. The Morgan fingerprint density at radius 2 is 1.91 bits per heavy atom. The number of amides is 1. The fourth-order valence-corrected chi connectivity index (χ4v) is 2.89. The second-order valence-corrected chi connectivity index (χ2v) is 5.99. The van der Waals surface area contributed by atoms with Crippen LogP contribution in [0.3, 0.4) is 0 Å². The molecule has 5 nitrogen and oxygen atoms in total. The molecule has 2 heterocycles. The van der Waals surface area contributed by atoms with E-state index in [1.807, 2.05) is 34.9 Å². The Morgan fingerprint density at radius 3 is 2.64 bits per heavy atom. The molecule has 0 unspecified atom stereocenters. The maximum atomic E-state index is 12.4. The lowest BCUT2D eigenvalue weighted by Gasteiger charge is -2.28. The number of pyridine rings is 1. The molecule has 112 valence electrons. The van der Waals surface area contributed by atoms with E-state index in [4.69, 9.17) is 4.74 Å². The molecule has 1 fully saturated rings. The lowest BCUT2D eigenvalue weighted by Crippen LogP contribution is -2.47. The third-order valence-corrected chi connectivity index (χ3v) is 4.28. The number of benzene rings is 1. The molecule has 22 heavy (non-hydrogen) atoms. The Labute approximate surface area is 127 Å². The summed E-state index contributed by atoms with van der Waals surface area (Å²) in [7, 11) is 0. The molecular formula is C17H16N2O3. The molecule has 1 aliphatic carbocycles. The van der Waals surface area contributed by atoms with Gasteiger partial charge in [-0.2, -0.15) is 0 Å². The van der Waals surface area contributed by atoms with E-state index >= 15 is 0 Å². The summed E-state index contributed by atoms with van der Waals surface area (Å²) in [6, 6.07) is 11.1. The fourth-order valence-electron chi connectivity index (χ4n) is 2.89. The van der Waals surface area contributed by atoms with E-state index in [1.165, 1.54) is 6.07 Å². The summed E-state index contributed by atoms with van der Waals surface area (Å²) in [4.78, 5) is 24.5. The zero-order valence-electron chi connectivity index (χ0n) is 12.0. The van der Waals surface area contributed by atoms with Gasteiger partial charge in [0.1, 0.15) is 6.61 Å². The van der Waals surface area contributed by atoms with Crippen LogP contribution in [-0.4, -0.2) is 16.0 Å². The molecule has 0 atom stereocenters. The van der Waals surface area contributed by atoms with Crippen LogP contribution in [0.2, 0.25) is 0 Å². The molecule has 1 aromatic heterocycles. The van der Waals surface area contributed by atoms with Crippen molar-refractivity contribution in [3.8, 4) is 5.75 Å². The Bertz CT molecular complexity index is 791. The molecule has 1 N–H and O–H groups in total. The minimum atomic E-state index is -0.260. The lowest BCUT2D eigenvalue weighted by molar-refractivity contribution is 0.0883. The number of hydrogen-bond acceptors (Lipinski definition) is 3. The SMILES string of the molecule is O=C1NC2(CC2)Cn2ccc(=O)c(OCc3ccccc3)c21. The van der Waals surface area contributed by atoms with Crippen molar-refractivity contribution in [2.24, 2.45) is 0 Å². The largest absolute Gasteiger partial charge is 0.483 e. The van der Waals surface area contributed by atoms with Crippen molar-refractivity contribution in [1.82, 2.24) is 9.88 Å². The molecular weight excluding hydrogens is 280 g/mol. The summed E-state index contributed by atoms with van der Waals surface area (Å²) in [6.07, 6.45) is 3.67. The van der Waals surface area contributed by atoms with E-state index in [1.54, 1.807) is 6.20 Å². The predicted molar refractivity (Wildman–Crippen MR) is 80.9 cm³/mol. The molecule has 0 bridgehead atoms. The molecule has 4 rings (SSSR count). The van der Waals surface area contributed by atoms with Gasteiger partial charge in [-0.05, 0) is 18.4 Å². The van der Waals surface area contributed by atoms with E-state index in [0.717, 1.165) is 18.4 Å². The first-order valence-electron chi connectivity index (χ1n) is 7.40. The van der Waals surface area contributed by atoms with Crippen LogP contribution in [0.25, 0.3) is 0 Å². The maximum Gasteiger partial charge on any atom is 0.272 e. The highest BCUT2D eigenvalue weighted by Gasteiger charge is 2.48. The first-order chi connectivity index (χ1) is 10.7. The molecule has 5 heteroatoms. The molecule has 1 spiro atoms. The van der Waals surface area contributed by atoms with Crippen molar-refractivity contribution in [2.75, 3.05) is 0 Å². The van der Waals surface area contributed by atoms with E-state index in [-0.39, 0.29) is 29.2 Å². The van der Waals surface area contributed by atoms with Gasteiger partial charge in [0, 0.05) is 18.8 Å². The van der Waals surface area contributed by atoms with Gasteiger partial charge in [0.25, 0.3) is 5.91 Å². The Morgan fingerprint density at radius 1 is 1.14 bits per heavy atom. The van der Waals surface area contributed by atoms with Crippen molar-refractivity contribution in [3.05, 3.63) is 64.1 Å². The van der Waals surface area contributed by atoms with Crippen LogP contribution in [0.15, 0.2) is 47.4 Å². The summed E-state index contributed by atoms with van der Waals surface area (Å²) in [5, 5.41) is 3.01. The molecule has 2 aromatic rings. The zero-order chi connectivity index (χ0) is 15.2. The smallest absolute Gasteiger partial charge is 0.272 e. The van der Waals surface area contributed by atoms with E-state index < -0.39 is 0 Å². The summed E-state index contributed by atoms with van der Waals surface area (Å²) in [5.41, 5.74) is 0.931. The van der Waals surface area contributed by atoms with E-state index in [0.29, 0.717) is 12.2 Å². The number of aromatic nitrogens is 1. The zero-order valence-corrected chi connectivity index (χ0v) is 12.0. The maximum absolute atomic E-state index is 12.4. The predicted octanol–water partition coefficient (Wildman–Crippen LogP) is 1.70. The van der Waals surface area contributed by atoms with Crippen molar-refractivity contribution in [1.29, 1.82) is 0 Å². The van der Waals surface area contributed by atoms with Gasteiger partial charge in [0.2, 0.25) is 5.43 Å². The van der Waals surface area contributed by atoms with Gasteiger partial charge >= 0.3 is 0 Å². The highest BCUT2D eigenvalue weighted by Crippen LogP contribution is 2.40. The normalized spacial score (nSPS) is 17.7. The molecule has 0 saturated heterocycles. The second-order valence-electron chi connectivity index (χ2n) is 5.99. The Balaban J connectivity index is 1.67. The van der Waals surface area contributed by atoms with Gasteiger partial charge in [-0.3, -0.25) is 9.59 Å². The van der Waals surface area contributed by atoms with Crippen LogP contribution in [0.1, 0.15) is 28.9 Å². The summed E-state index contributed by atoms with van der Waals surface area (Å²) < 4.78 is 7.53. The van der Waals surface area contributed by atoms with Gasteiger partial charge < -0.3 is 14.6 Å². The first-order valence-corrected chi connectivity index (χ1v) is 7.40. The molecule has 1 amide bonds. The number of fused-ring (bicyclic) bond motifs is 1. The highest BCUT2D eigenvalue weighted by atomic mass is 16.5. The number of hydrogen-bond donors (Lipinski definition) is 1. The Hall–Kier alpha value is -2.56. The molecule has 2 aliphatic rings. The van der Waals surface area contributed by atoms with Crippen LogP contribution in [-0.2, 0) is 13.2 Å². The van der Waals surface area contributed by atoms with Crippen LogP contribution < -0.4 is 15.5 Å². The van der Waals surface area contributed by atoms with E-state index in [2.05, 4.69) is 5.32 Å². The Kier molecular flexibility index (Phi) is 2.82. The number of nitrogens with one attached hydrogen (secondary N) is 1. The molecule has 1 aromatic carbocycles. The van der Waals surface area contributed by atoms with E-state index in [9.17, 15) is 9.59 Å². The quantitative estimate of drug-likeness (QED) is 0.938. The summed E-state index contributed by atoms with van der Waals surface area (Å²) in [6.45, 7) is 0.974. The second kappa shape index (κ2) is 4.73. The van der Waals surface area contributed by atoms with Gasteiger partial charge in [0.05, 0.1) is 5.54 Å². The van der Waals surface area contributed by atoms with Gasteiger partial charge in [-0.1, -0.05) is 30.3 Å². The highest BCUT2D eigenvalue weighted by molar-refractivity contribution is 5.96. The number of ether oxygens (including phenoxy) is 1. The third-order valence-electron chi connectivity index (χ3n) is 4.28. The van der Waals surface area contributed by atoms with Crippen LogP contribution in [0.4, 0.5) is 0 Å². The number of nitrogens with zero attached hydrogens (tertiary/aromatic N) is 1. The lowest BCUT2D eigenvalue weighted by atomic mass is 10.1. The average molecular weight is 296 g/mol. The molecule has 0 radical (unpaired) electrons. The van der Waals surface area contributed by atoms with Crippen LogP contribution in [0.5, 0.6) is 5.75 Å². The number of carbonyl (C=O) groups is 1. The van der Waals surface area contributed by atoms with Crippen molar-refractivity contribution in [3.63, 3.8) is 0 Å². The van der Waals surface area contributed by atoms with Crippen molar-refractivity contribution >= 4 is 5.91 Å². The van der Waals surface area contributed by atoms with Crippen molar-refractivity contribution < 1.29 is 9.53 Å². The van der Waals surface area contributed by atoms with Crippen molar-refractivity contribution in [2.45, 2.75) is 31.5 Å². The minimum absolute atomic E-state index is 0.101. The average Bonchev–Trinajstić information content (AvgIpc) is 3.26. The van der Waals surface area contributed by atoms with Gasteiger partial charge in [-0.15, -0.1) is 0 Å². The van der Waals surface area contributed by atoms with Crippen LogP contribution >= 0.6 is 0 Å². The van der Waals surface area contributed by atoms with Gasteiger partial charge in [-0.25, -0.2) is 0 Å². The first kappa shape index (κ1) is 13.1. The molecule has 1 aliphatic heterocycles. The topological polar surface area (TPSA) is 60.3 Å². The fraction of sp³-hybridized carbons (Fsp3) is 0.294.